The first kappa shape index (κ1) is 24.4. The molecule has 0 aliphatic rings. The van der Waals surface area contributed by atoms with Crippen molar-refractivity contribution < 1.29 is 13.2 Å². The molecule has 4 aromatic rings. The molecule has 0 unspecified atom stereocenters. The van der Waals surface area contributed by atoms with Gasteiger partial charge in [-0.15, -0.1) is 0 Å². The molecule has 35 heavy (non-hydrogen) atoms. The minimum absolute atomic E-state index is 0.136. The Morgan fingerprint density at radius 1 is 0.971 bits per heavy atom. The van der Waals surface area contributed by atoms with Crippen LogP contribution in [-0.4, -0.2) is 23.9 Å². The maximum atomic E-state index is 12.7. The van der Waals surface area contributed by atoms with E-state index in [0.717, 1.165) is 27.9 Å². The minimum Gasteiger partial charge on any atom is -0.346 e. The fraction of sp³-hybridized carbons (Fsp3) is 0.185. The summed E-state index contributed by atoms with van der Waals surface area (Å²) in [5, 5.41) is 3.00. The molecule has 0 saturated heterocycles. The number of hydrogen-bond donors (Lipinski definition) is 2. The standard InChI is InChI=1S/C27H28N4O3S/c1-19-4-13-26(16-20(19)2)35(33,34)29-17-22-5-7-24(8-6-22)27(32)30-21(3)23-9-11-25(12-10-23)31-15-14-28-18-31/h4-16,18,21,29H,17H2,1-3H3,(H,30,32)/t21-/m0/s1. The molecule has 1 aromatic heterocycles. The third-order valence-electron chi connectivity index (χ3n) is 6.01. The fourth-order valence-electron chi connectivity index (χ4n) is 3.63. The predicted molar refractivity (Wildman–Crippen MR) is 136 cm³/mol. The number of amides is 1. The van der Waals surface area contributed by atoms with Gasteiger partial charge in [0.25, 0.3) is 5.91 Å². The van der Waals surface area contributed by atoms with E-state index >= 15 is 0 Å². The van der Waals surface area contributed by atoms with Crippen LogP contribution in [-0.2, 0) is 16.6 Å². The zero-order valence-electron chi connectivity index (χ0n) is 19.9. The van der Waals surface area contributed by atoms with Crippen LogP contribution >= 0.6 is 0 Å². The second-order valence-corrected chi connectivity index (χ2v) is 10.3. The lowest BCUT2D eigenvalue weighted by Gasteiger charge is -2.15. The molecule has 0 saturated carbocycles. The second-order valence-electron chi connectivity index (χ2n) is 8.52. The summed E-state index contributed by atoms with van der Waals surface area (Å²) in [5.74, 6) is -0.196. The Balaban J connectivity index is 1.34. The number of carbonyl (C=O) groups excluding carboxylic acids is 1. The molecule has 0 radical (unpaired) electrons. The SMILES string of the molecule is Cc1ccc(S(=O)(=O)NCc2ccc(C(=O)N[C@@H](C)c3ccc(-n4ccnc4)cc3)cc2)cc1C. The van der Waals surface area contributed by atoms with E-state index in [1.54, 1.807) is 55.0 Å². The van der Waals surface area contributed by atoms with Crippen LogP contribution in [0.25, 0.3) is 5.69 Å². The van der Waals surface area contributed by atoms with Crippen LogP contribution in [0.2, 0.25) is 0 Å². The van der Waals surface area contributed by atoms with Gasteiger partial charge in [-0.25, -0.2) is 18.1 Å². The Hall–Kier alpha value is -3.75. The highest BCUT2D eigenvalue weighted by Crippen LogP contribution is 2.18. The number of carbonyl (C=O) groups is 1. The smallest absolute Gasteiger partial charge is 0.251 e. The van der Waals surface area contributed by atoms with Gasteiger partial charge in [-0.05, 0) is 79.4 Å². The van der Waals surface area contributed by atoms with Crippen LogP contribution in [0.1, 0.15) is 45.6 Å². The molecular formula is C27H28N4O3S. The molecule has 0 bridgehead atoms. The first-order valence-electron chi connectivity index (χ1n) is 11.3. The molecule has 4 rings (SSSR count). The van der Waals surface area contributed by atoms with Gasteiger partial charge in [0.15, 0.2) is 0 Å². The summed E-state index contributed by atoms with van der Waals surface area (Å²) in [5.41, 5.74) is 5.21. The molecule has 3 aromatic carbocycles. The average Bonchev–Trinajstić information content (AvgIpc) is 3.40. The number of rotatable bonds is 8. The van der Waals surface area contributed by atoms with Crippen molar-refractivity contribution in [2.45, 2.75) is 38.3 Å². The van der Waals surface area contributed by atoms with Crippen molar-refractivity contribution in [2.75, 3.05) is 0 Å². The van der Waals surface area contributed by atoms with Crippen LogP contribution in [0, 0.1) is 13.8 Å². The van der Waals surface area contributed by atoms with E-state index in [9.17, 15) is 13.2 Å². The van der Waals surface area contributed by atoms with Crippen molar-refractivity contribution in [1.29, 1.82) is 0 Å². The largest absolute Gasteiger partial charge is 0.346 e. The third-order valence-corrected chi connectivity index (χ3v) is 7.41. The molecule has 1 atom stereocenters. The quantitative estimate of drug-likeness (QED) is 0.383. The molecule has 0 spiro atoms. The number of sulfonamides is 1. The van der Waals surface area contributed by atoms with Gasteiger partial charge in [0.05, 0.1) is 17.3 Å². The topological polar surface area (TPSA) is 93.1 Å². The zero-order chi connectivity index (χ0) is 25.0. The van der Waals surface area contributed by atoms with Crippen molar-refractivity contribution in [1.82, 2.24) is 19.6 Å². The van der Waals surface area contributed by atoms with Crippen LogP contribution in [0.4, 0.5) is 0 Å². The Morgan fingerprint density at radius 3 is 2.31 bits per heavy atom. The summed E-state index contributed by atoms with van der Waals surface area (Å²) in [7, 11) is -3.62. The zero-order valence-corrected chi connectivity index (χ0v) is 20.7. The number of nitrogens with zero attached hydrogens (tertiary/aromatic N) is 2. The van der Waals surface area contributed by atoms with E-state index in [1.807, 2.05) is 55.8 Å². The normalized spacial score (nSPS) is 12.3. The van der Waals surface area contributed by atoms with E-state index in [1.165, 1.54) is 0 Å². The lowest BCUT2D eigenvalue weighted by atomic mass is 10.1. The van der Waals surface area contributed by atoms with Gasteiger partial charge in [-0.1, -0.05) is 30.3 Å². The minimum atomic E-state index is -3.62. The third kappa shape index (κ3) is 5.85. The summed E-state index contributed by atoms with van der Waals surface area (Å²) in [6.45, 7) is 5.89. The second kappa shape index (κ2) is 10.2. The van der Waals surface area contributed by atoms with Crippen LogP contribution < -0.4 is 10.0 Å². The monoisotopic (exact) mass is 488 g/mol. The van der Waals surface area contributed by atoms with Crippen LogP contribution in [0.15, 0.2) is 90.3 Å². The molecule has 1 heterocycles. The summed E-state index contributed by atoms with van der Waals surface area (Å²) in [4.78, 5) is 17.0. The molecule has 0 fully saturated rings. The molecule has 0 aliphatic carbocycles. The van der Waals surface area contributed by atoms with E-state index in [4.69, 9.17) is 0 Å². The number of hydrogen-bond acceptors (Lipinski definition) is 4. The maximum Gasteiger partial charge on any atom is 0.251 e. The summed E-state index contributed by atoms with van der Waals surface area (Å²) < 4.78 is 29.8. The summed E-state index contributed by atoms with van der Waals surface area (Å²) in [6, 6.07) is 19.7. The number of imidazole rings is 1. The van der Waals surface area contributed by atoms with E-state index in [2.05, 4.69) is 15.0 Å². The van der Waals surface area contributed by atoms with Gasteiger partial charge in [-0.3, -0.25) is 4.79 Å². The highest BCUT2D eigenvalue weighted by atomic mass is 32.2. The van der Waals surface area contributed by atoms with Crippen LogP contribution in [0.5, 0.6) is 0 Å². The molecular weight excluding hydrogens is 460 g/mol. The number of aromatic nitrogens is 2. The van der Waals surface area contributed by atoms with Crippen molar-refractivity contribution in [3.05, 3.63) is 113 Å². The van der Waals surface area contributed by atoms with Gasteiger partial charge in [-0.2, -0.15) is 0 Å². The summed E-state index contributed by atoms with van der Waals surface area (Å²) in [6.07, 6.45) is 5.33. The van der Waals surface area contributed by atoms with E-state index in [-0.39, 0.29) is 23.4 Å². The van der Waals surface area contributed by atoms with Gasteiger partial charge in [0, 0.05) is 30.2 Å². The van der Waals surface area contributed by atoms with Crippen LogP contribution in [0.3, 0.4) is 0 Å². The molecule has 8 heteroatoms. The van der Waals surface area contributed by atoms with Crippen molar-refractivity contribution in [2.24, 2.45) is 0 Å². The van der Waals surface area contributed by atoms with Gasteiger partial charge < -0.3 is 9.88 Å². The number of aryl methyl sites for hydroxylation is 2. The molecule has 180 valence electrons. The van der Waals surface area contributed by atoms with Crippen molar-refractivity contribution in [3.8, 4) is 5.69 Å². The first-order valence-corrected chi connectivity index (χ1v) is 12.8. The van der Waals surface area contributed by atoms with E-state index in [0.29, 0.717) is 5.56 Å². The Bertz CT molecular complexity index is 1410. The molecule has 2 N–H and O–H groups in total. The number of benzene rings is 3. The first-order chi connectivity index (χ1) is 16.7. The lowest BCUT2D eigenvalue weighted by molar-refractivity contribution is 0.0940. The molecule has 7 nitrogen and oxygen atoms in total. The average molecular weight is 489 g/mol. The van der Waals surface area contributed by atoms with Gasteiger partial charge >= 0.3 is 0 Å². The van der Waals surface area contributed by atoms with Gasteiger partial charge in [0.1, 0.15) is 0 Å². The Morgan fingerprint density at radius 2 is 1.69 bits per heavy atom. The Kier molecular flexibility index (Phi) is 7.14. The highest BCUT2D eigenvalue weighted by molar-refractivity contribution is 7.89. The molecule has 0 aliphatic heterocycles. The number of nitrogens with one attached hydrogen (secondary N) is 2. The predicted octanol–water partition coefficient (Wildman–Crippen LogP) is 4.46. The Labute approximate surface area is 205 Å². The van der Waals surface area contributed by atoms with Crippen molar-refractivity contribution in [3.63, 3.8) is 0 Å². The molecule has 1 amide bonds. The maximum absolute atomic E-state index is 12.7. The fourth-order valence-corrected chi connectivity index (χ4v) is 4.73. The van der Waals surface area contributed by atoms with Crippen molar-refractivity contribution >= 4 is 15.9 Å². The lowest BCUT2D eigenvalue weighted by Crippen LogP contribution is -2.26. The van der Waals surface area contributed by atoms with Gasteiger partial charge in [0.2, 0.25) is 10.0 Å². The summed E-state index contributed by atoms with van der Waals surface area (Å²) >= 11 is 0. The highest BCUT2D eigenvalue weighted by Gasteiger charge is 2.15. The van der Waals surface area contributed by atoms with E-state index < -0.39 is 10.0 Å².